The van der Waals surface area contributed by atoms with E-state index in [9.17, 15) is 0 Å². The van der Waals surface area contributed by atoms with Crippen molar-refractivity contribution < 1.29 is 0 Å². The molecule has 0 radical (unpaired) electrons. The van der Waals surface area contributed by atoms with Gasteiger partial charge in [0.25, 0.3) is 0 Å². The van der Waals surface area contributed by atoms with Crippen LogP contribution in [-0.4, -0.2) is 9.97 Å². The van der Waals surface area contributed by atoms with Gasteiger partial charge in [-0.05, 0) is 45.2 Å². The molecule has 0 aliphatic rings. The lowest BCUT2D eigenvalue weighted by Crippen LogP contribution is -1.98. The Hall–Kier alpha value is -5.90. The molecule has 2 aromatic heterocycles. The van der Waals surface area contributed by atoms with Gasteiger partial charge < -0.3 is 0 Å². The maximum atomic E-state index is 5.30. The first-order chi connectivity index (χ1) is 23.3. The van der Waals surface area contributed by atoms with E-state index in [1.54, 1.807) is 0 Å². The van der Waals surface area contributed by atoms with Crippen molar-refractivity contribution in [3.63, 3.8) is 0 Å². The number of nitrogens with zero attached hydrogens (tertiary/aromatic N) is 2. The predicted molar refractivity (Wildman–Crippen MR) is 200 cm³/mol. The summed E-state index contributed by atoms with van der Waals surface area (Å²) < 4.78 is 2.46. The van der Waals surface area contributed by atoms with Crippen molar-refractivity contribution in [1.29, 1.82) is 0 Å². The molecular formula is C44H28N2S. The van der Waals surface area contributed by atoms with Crippen LogP contribution in [0.3, 0.4) is 0 Å². The van der Waals surface area contributed by atoms with Gasteiger partial charge >= 0.3 is 0 Å². The maximum Gasteiger partial charge on any atom is 0.162 e. The Morgan fingerprint density at radius 2 is 0.957 bits per heavy atom. The molecule has 0 saturated carbocycles. The highest BCUT2D eigenvalue weighted by Crippen LogP contribution is 2.45. The van der Waals surface area contributed by atoms with Crippen LogP contribution in [0.4, 0.5) is 0 Å². The van der Waals surface area contributed by atoms with Crippen LogP contribution in [0.1, 0.15) is 0 Å². The van der Waals surface area contributed by atoms with E-state index in [0.29, 0.717) is 0 Å². The van der Waals surface area contributed by atoms with Gasteiger partial charge in [0, 0.05) is 36.9 Å². The van der Waals surface area contributed by atoms with Gasteiger partial charge in [0.1, 0.15) is 0 Å². The fourth-order valence-electron chi connectivity index (χ4n) is 6.63. The van der Waals surface area contributed by atoms with Crippen molar-refractivity contribution in [1.82, 2.24) is 9.97 Å². The van der Waals surface area contributed by atoms with Crippen LogP contribution in [-0.2, 0) is 0 Å². The Morgan fingerprint density at radius 1 is 0.383 bits per heavy atom. The molecule has 3 heteroatoms. The van der Waals surface area contributed by atoms with Crippen LogP contribution in [0.25, 0.3) is 87.1 Å². The number of fused-ring (bicyclic) bond motifs is 4. The normalized spacial score (nSPS) is 11.4. The van der Waals surface area contributed by atoms with E-state index >= 15 is 0 Å². The van der Waals surface area contributed by atoms with Gasteiger partial charge in [-0.1, -0.05) is 158 Å². The third-order valence-corrected chi connectivity index (χ3v) is 10.1. The fraction of sp³-hybridized carbons (Fsp3) is 0. The standard InChI is InChI=1S/C44H28N2S/c1-3-13-32(14-4-1)39-28-40(33-15-5-2-6-16-33)46-44(45-39)42-36(26-27-38-37-19-9-10-21-41(37)47-43(38)42)31-24-22-30(23-25-31)35-20-11-17-29-12-7-8-18-34(29)35/h1-28H. The smallest absolute Gasteiger partial charge is 0.162 e. The molecule has 2 nitrogen and oxygen atoms in total. The van der Waals surface area contributed by atoms with Crippen molar-refractivity contribution in [2.24, 2.45) is 0 Å². The molecule has 0 amide bonds. The minimum absolute atomic E-state index is 0.732. The molecule has 9 aromatic rings. The molecule has 0 aliphatic heterocycles. The van der Waals surface area contributed by atoms with E-state index in [1.807, 2.05) is 23.5 Å². The van der Waals surface area contributed by atoms with Crippen LogP contribution in [0, 0.1) is 0 Å². The highest BCUT2D eigenvalue weighted by molar-refractivity contribution is 7.26. The third kappa shape index (κ3) is 4.89. The average molecular weight is 617 g/mol. The van der Waals surface area contributed by atoms with Crippen LogP contribution in [0.15, 0.2) is 170 Å². The fourth-order valence-corrected chi connectivity index (χ4v) is 7.88. The highest BCUT2D eigenvalue weighted by Gasteiger charge is 2.20. The van der Waals surface area contributed by atoms with Gasteiger partial charge in [0.2, 0.25) is 0 Å². The largest absolute Gasteiger partial charge is 0.228 e. The van der Waals surface area contributed by atoms with Gasteiger partial charge in [-0.3, -0.25) is 0 Å². The Balaban J connectivity index is 1.29. The lowest BCUT2D eigenvalue weighted by Gasteiger charge is -2.15. The lowest BCUT2D eigenvalue weighted by atomic mass is 9.93. The zero-order chi connectivity index (χ0) is 31.2. The molecule has 7 aromatic carbocycles. The summed E-state index contributed by atoms with van der Waals surface area (Å²) in [6.45, 7) is 0. The predicted octanol–water partition coefficient (Wildman–Crippen LogP) is 12.3. The molecular weight excluding hydrogens is 589 g/mol. The zero-order valence-corrected chi connectivity index (χ0v) is 26.3. The summed E-state index contributed by atoms with van der Waals surface area (Å²) in [5.74, 6) is 0.732. The summed E-state index contributed by atoms with van der Waals surface area (Å²) in [6.07, 6.45) is 0. The van der Waals surface area contributed by atoms with Gasteiger partial charge in [-0.15, -0.1) is 11.3 Å². The first kappa shape index (κ1) is 27.4. The van der Waals surface area contributed by atoms with E-state index in [2.05, 4.69) is 158 Å². The topological polar surface area (TPSA) is 25.8 Å². The van der Waals surface area contributed by atoms with Crippen LogP contribution >= 0.6 is 11.3 Å². The highest BCUT2D eigenvalue weighted by atomic mass is 32.1. The molecule has 0 aliphatic carbocycles. The Labute approximate surface area is 277 Å². The monoisotopic (exact) mass is 616 g/mol. The van der Waals surface area contributed by atoms with Crippen molar-refractivity contribution >= 4 is 42.3 Å². The lowest BCUT2D eigenvalue weighted by molar-refractivity contribution is 1.19. The number of aromatic nitrogens is 2. The Kier molecular flexibility index (Phi) is 6.69. The minimum atomic E-state index is 0.732. The Bertz CT molecular complexity index is 2490. The van der Waals surface area contributed by atoms with E-state index < -0.39 is 0 Å². The van der Waals surface area contributed by atoms with Crippen molar-refractivity contribution in [2.75, 3.05) is 0 Å². The summed E-state index contributed by atoms with van der Waals surface area (Å²) in [4.78, 5) is 10.6. The third-order valence-electron chi connectivity index (χ3n) is 8.93. The van der Waals surface area contributed by atoms with Crippen molar-refractivity contribution in [2.45, 2.75) is 0 Å². The average Bonchev–Trinajstić information content (AvgIpc) is 3.54. The summed E-state index contributed by atoms with van der Waals surface area (Å²) >= 11 is 1.82. The number of rotatable bonds is 5. The minimum Gasteiger partial charge on any atom is -0.228 e. The molecule has 9 rings (SSSR count). The molecule has 0 saturated heterocycles. The molecule has 2 heterocycles. The molecule has 47 heavy (non-hydrogen) atoms. The first-order valence-corrected chi connectivity index (χ1v) is 16.6. The molecule has 0 unspecified atom stereocenters. The SMILES string of the molecule is c1ccc(-c2cc(-c3ccccc3)nc(-c3c(-c4ccc(-c5cccc6ccccc56)cc4)ccc4c3sc3ccccc34)n2)cc1. The summed E-state index contributed by atoms with van der Waals surface area (Å²) in [5.41, 5.74) is 9.71. The number of hydrogen-bond acceptors (Lipinski definition) is 3. The second-order valence-electron chi connectivity index (χ2n) is 11.8. The van der Waals surface area contributed by atoms with Crippen LogP contribution < -0.4 is 0 Å². The number of hydrogen-bond donors (Lipinski definition) is 0. The zero-order valence-electron chi connectivity index (χ0n) is 25.5. The van der Waals surface area contributed by atoms with E-state index in [4.69, 9.17) is 9.97 Å². The molecule has 0 N–H and O–H groups in total. The second-order valence-corrected chi connectivity index (χ2v) is 12.8. The summed E-state index contributed by atoms with van der Waals surface area (Å²) in [5, 5.41) is 4.99. The van der Waals surface area contributed by atoms with Crippen molar-refractivity contribution in [3.8, 4) is 56.2 Å². The summed E-state index contributed by atoms with van der Waals surface area (Å²) in [7, 11) is 0. The molecule has 220 valence electrons. The second kappa shape index (κ2) is 11.5. The van der Waals surface area contributed by atoms with Gasteiger partial charge in [-0.2, -0.15) is 0 Å². The van der Waals surface area contributed by atoms with Gasteiger partial charge in [0.15, 0.2) is 5.82 Å². The Morgan fingerprint density at radius 3 is 1.66 bits per heavy atom. The van der Waals surface area contributed by atoms with E-state index in [-0.39, 0.29) is 0 Å². The van der Waals surface area contributed by atoms with E-state index in [0.717, 1.165) is 45.0 Å². The summed E-state index contributed by atoms with van der Waals surface area (Å²) in [6, 6.07) is 60.2. The molecule has 0 spiro atoms. The van der Waals surface area contributed by atoms with Crippen LogP contribution in [0.2, 0.25) is 0 Å². The van der Waals surface area contributed by atoms with Crippen molar-refractivity contribution in [3.05, 3.63) is 170 Å². The van der Waals surface area contributed by atoms with Crippen LogP contribution in [0.5, 0.6) is 0 Å². The van der Waals surface area contributed by atoms with Gasteiger partial charge in [-0.25, -0.2) is 9.97 Å². The number of thiophene rings is 1. The molecule has 0 atom stereocenters. The quantitative estimate of drug-likeness (QED) is 0.192. The first-order valence-electron chi connectivity index (χ1n) is 15.8. The molecule has 0 fully saturated rings. The van der Waals surface area contributed by atoms with E-state index in [1.165, 1.54) is 42.1 Å². The maximum absolute atomic E-state index is 5.30. The van der Waals surface area contributed by atoms with Gasteiger partial charge in [0.05, 0.1) is 11.4 Å². The number of benzene rings is 7. The molecule has 0 bridgehead atoms.